The predicted molar refractivity (Wildman–Crippen MR) is 97.6 cm³/mol. The molecule has 0 aliphatic carbocycles. The van der Waals surface area contributed by atoms with Crippen molar-refractivity contribution in [2.45, 2.75) is 19.8 Å². The second-order valence-electron chi connectivity index (χ2n) is 6.62. The Balaban J connectivity index is 1.45. The number of aromatic nitrogens is 1. The third-order valence-electron chi connectivity index (χ3n) is 4.27. The number of rotatable bonds is 6. The molecular weight excluding hydrogens is 372 g/mol. The number of aryl methyl sites for hydroxylation is 1. The summed E-state index contributed by atoms with van der Waals surface area (Å²) in [5, 5.41) is 6.36. The first-order valence-electron chi connectivity index (χ1n) is 8.50. The lowest BCUT2D eigenvalue weighted by Gasteiger charge is -2.07. The second-order valence-corrected chi connectivity index (χ2v) is 8.85. The number of hydrogen-bond donors (Lipinski definition) is 1. The fourth-order valence-electron chi connectivity index (χ4n) is 2.84. The van der Waals surface area contributed by atoms with E-state index in [9.17, 15) is 18.0 Å². The van der Waals surface area contributed by atoms with Crippen molar-refractivity contribution >= 4 is 27.6 Å². The number of ether oxygens (including phenoxy) is 1. The summed E-state index contributed by atoms with van der Waals surface area (Å²) in [7, 11) is -3.04. The van der Waals surface area contributed by atoms with Crippen LogP contribution in [0.1, 0.15) is 18.4 Å². The van der Waals surface area contributed by atoms with Crippen LogP contribution in [0.25, 0.3) is 11.3 Å². The van der Waals surface area contributed by atoms with Crippen LogP contribution >= 0.6 is 0 Å². The van der Waals surface area contributed by atoms with Crippen LogP contribution in [0, 0.1) is 12.8 Å². The van der Waals surface area contributed by atoms with Gasteiger partial charge in [-0.1, -0.05) is 35.0 Å². The smallest absolute Gasteiger partial charge is 0.306 e. The van der Waals surface area contributed by atoms with Gasteiger partial charge in [0.2, 0.25) is 5.88 Å². The maximum Gasteiger partial charge on any atom is 0.306 e. The molecule has 1 N–H and O–H groups in total. The average Bonchev–Trinajstić information content (AvgIpc) is 3.20. The standard InChI is InChI=1S/C18H20N2O6S/c1-12-2-4-14(5-3-12)15-9-17(26-20-15)19-16(21)10-25-18(22)8-13-6-7-27(23,24)11-13/h2-5,9,13H,6-8,10-11H2,1H3,(H,19,21)/t13-/m1/s1. The summed E-state index contributed by atoms with van der Waals surface area (Å²) in [5.74, 6) is -1.15. The number of carbonyl (C=O) groups excluding carboxylic acids is 2. The quantitative estimate of drug-likeness (QED) is 0.747. The van der Waals surface area contributed by atoms with Crippen molar-refractivity contribution < 1.29 is 27.3 Å². The van der Waals surface area contributed by atoms with E-state index in [1.807, 2.05) is 31.2 Å². The molecule has 1 aromatic heterocycles. The first-order valence-corrected chi connectivity index (χ1v) is 10.3. The van der Waals surface area contributed by atoms with Gasteiger partial charge >= 0.3 is 5.97 Å². The number of benzene rings is 1. The van der Waals surface area contributed by atoms with Crippen molar-refractivity contribution in [3.05, 3.63) is 35.9 Å². The van der Waals surface area contributed by atoms with E-state index in [0.29, 0.717) is 12.1 Å². The molecule has 0 unspecified atom stereocenters. The Morgan fingerprint density at radius 2 is 2.04 bits per heavy atom. The Bertz CT molecular complexity index is 933. The summed E-state index contributed by atoms with van der Waals surface area (Å²) in [6, 6.07) is 9.25. The first kappa shape index (κ1) is 19.1. The number of esters is 1. The lowest BCUT2D eigenvalue weighted by Crippen LogP contribution is -2.22. The molecule has 1 aromatic carbocycles. The van der Waals surface area contributed by atoms with Gasteiger partial charge in [-0.15, -0.1) is 0 Å². The van der Waals surface area contributed by atoms with Crippen molar-refractivity contribution in [3.63, 3.8) is 0 Å². The molecule has 1 fully saturated rings. The first-order chi connectivity index (χ1) is 12.8. The van der Waals surface area contributed by atoms with Crippen LogP contribution in [0.3, 0.4) is 0 Å². The van der Waals surface area contributed by atoms with E-state index in [0.717, 1.165) is 11.1 Å². The molecule has 0 radical (unpaired) electrons. The van der Waals surface area contributed by atoms with E-state index < -0.39 is 28.3 Å². The molecule has 3 rings (SSSR count). The van der Waals surface area contributed by atoms with Crippen LogP contribution < -0.4 is 5.32 Å². The van der Waals surface area contributed by atoms with Gasteiger partial charge in [-0.25, -0.2) is 8.42 Å². The van der Waals surface area contributed by atoms with Gasteiger partial charge in [0, 0.05) is 18.1 Å². The van der Waals surface area contributed by atoms with Gasteiger partial charge in [0.05, 0.1) is 11.5 Å². The van der Waals surface area contributed by atoms with Crippen molar-refractivity contribution in [1.29, 1.82) is 0 Å². The largest absolute Gasteiger partial charge is 0.456 e. The molecular formula is C18H20N2O6S. The maximum atomic E-state index is 11.9. The minimum absolute atomic E-state index is 0.00580. The third kappa shape index (κ3) is 5.40. The highest BCUT2D eigenvalue weighted by Gasteiger charge is 2.30. The van der Waals surface area contributed by atoms with Crippen LogP contribution in [0.15, 0.2) is 34.9 Å². The molecule has 2 aromatic rings. The molecule has 1 aliphatic heterocycles. The molecule has 1 aliphatic rings. The molecule has 1 amide bonds. The maximum absolute atomic E-state index is 11.9. The number of nitrogens with zero attached hydrogens (tertiary/aromatic N) is 1. The van der Waals surface area contributed by atoms with Crippen molar-refractivity contribution in [3.8, 4) is 11.3 Å². The Labute approximate surface area is 156 Å². The molecule has 2 heterocycles. The van der Waals surface area contributed by atoms with E-state index in [1.165, 1.54) is 0 Å². The zero-order chi connectivity index (χ0) is 19.4. The highest BCUT2D eigenvalue weighted by atomic mass is 32.2. The summed E-state index contributed by atoms with van der Waals surface area (Å²) < 4.78 is 32.7. The number of anilines is 1. The van der Waals surface area contributed by atoms with Crippen LogP contribution in [0.5, 0.6) is 0 Å². The Kier molecular flexibility index (Phi) is 5.59. The van der Waals surface area contributed by atoms with E-state index in [1.54, 1.807) is 6.07 Å². The van der Waals surface area contributed by atoms with Crippen LogP contribution in [0.2, 0.25) is 0 Å². The van der Waals surface area contributed by atoms with E-state index >= 15 is 0 Å². The molecule has 1 saturated heterocycles. The SMILES string of the molecule is Cc1ccc(-c2cc(NC(=O)COC(=O)C[C@H]3CCS(=O)(=O)C3)on2)cc1. The minimum atomic E-state index is -3.04. The Morgan fingerprint density at radius 3 is 2.70 bits per heavy atom. The lowest BCUT2D eigenvalue weighted by molar-refractivity contribution is -0.148. The lowest BCUT2D eigenvalue weighted by atomic mass is 10.1. The normalized spacial score (nSPS) is 18.2. The van der Waals surface area contributed by atoms with Crippen LogP contribution in [-0.2, 0) is 24.2 Å². The number of carbonyl (C=O) groups is 2. The number of hydrogen-bond acceptors (Lipinski definition) is 7. The average molecular weight is 392 g/mol. The second kappa shape index (κ2) is 7.91. The van der Waals surface area contributed by atoms with E-state index in [-0.39, 0.29) is 29.7 Å². The number of nitrogens with one attached hydrogen (secondary N) is 1. The fourth-order valence-corrected chi connectivity index (χ4v) is 4.70. The predicted octanol–water partition coefficient (Wildman–Crippen LogP) is 1.96. The molecule has 9 heteroatoms. The van der Waals surface area contributed by atoms with Gasteiger partial charge in [0.1, 0.15) is 5.69 Å². The highest BCUT2D eigenvalue weighted by molar-refractivity contribution is 7.91. The summed E-state index contributed by atoms with van der Waals surface area (Å²) >= 11 is 0. The summed E-state index contributed by atoms with van der Waals surface area (Å²) in [6.45, 7) is 1.50. The van der Waals surface area contributed by atoms with Crippen LogP contribution in [0.4, 0.5) is 5.88 Å². The molecule has 1 atom stereocenters. The molecule has 0 bridgehead atoms. The van der Waals surface area contributed by atoms with E-state index in [2.05, 4.69) is 10.5 Å². The zero-order valence-corrected chi connectivity index (χ0v) is 15.6. The minimum Gasteiger partial charge on any atom is -0.456 e. The van der Waals surface area contributed by atoms with Gasteiger partial charge in [-0.3, -0.25) is 14.9 Å². The molecule has 27 heavy (non-hydrogen) atoms. The van der Waals surface area contributed by atoms with Gasteiger partial charge in [0.25, 0.3) is 5.91 Å². The third-order valence-corrected chi connectivity index (χ3v) is 6.10. The summed E-state index contributed by atoms with van der Waals surface area (Å²) in [6.07, 6.45) is 0.440. The summed E-state index contributed by atoms with van der Waals surface area (Å²) in [5.41, 5.74) is 2.54. The Hall–Kier alpha value is -2.68. The van der Waals surface area contributed by atoms with Crippen LogP contribution in [-0.4, -0.2) is 43.6 Å². The van der Waals surface area contributed by atoms with Gasteiger partial charge in [-0.05, 0) is 19.3 Å². The Morgan fingerprint density at radius 1 is 1.30 bits per heavy atom. The number of amides is 1. The van der Waals surface area contributed by atoms with Crippen molar-refractivity contribution in [1.82, 2.24) is 5.16 Å². The van der Waals surface area contributed by atoms with Crippen molar-refractivity contribution in [2.75, 3.05) is 23.4 Å². The van der Waals surface area contributed by atoms with Gasteiger partial charge in [-0.2, -0.15) is 0 Å². The highest BCUT2D eigenvalue weighted by Crippen LogP contribution is 2.23. The fraction of sp³-hybridized carbons (Fsp3) is 0.389. The van der Waals surface area contributed by atoms with Gasteiger partial charge < -0.3 is 9.26 Å². The molecule has 0 spiro atoms. The van der Waals surface area contributed by atoms with Gasteiger partial charge in [0.15, 0.2) is 16.4 Å². The molecule has 0 saturated carbocycles. The summed E-state index contributed by atoms with van der Waals surface area (Å²) in [4.78, 5) is 23.6. The molecule has 144 valence electrons. The van der Waals surface area contributed by atoms with E-state index in [4.69, 9.17) is 9.26 Å². The van der Waals surface area contributed by atoms with Crippen molar-refractivity contribution in [2.24, 2.45) is 5.92 Å². The monoisotopic (exact) mass is 392 g/mol. The molecule has 8 nitrogen and oxygen atoms in total. The number of sulfone groups is 1. The topological polar surface area (TPSA) is 116 Å². The zero-order valence-electron chi connectivity index (χ0n) is 14.8.